The lowest BCUT2D eigenvalue weighted by atomic mass is 10.5. The highest BCUT2D eigenvalue weighted by atomic mass is 32.2. The van der Waals surface area contributed by atoms with Gasteiger partial charge in [-0.2, -0.15) is 0 Å². The zero-order valence-electron chi connectivity index (χ0n) is 6.73. The van der Waals surface area contributed by atoms with Gasteiger partial charge in [0.2, 0.25) is 0 Å². The summed E-state index contributed by atoms with van der Waals surface area (Å²) >= 11 is 2.67. The van der Waals surface area contributed by atoms with Crippen LogP contribution in [0.1, 0.15) is 12.6 Å². The highest BCUT2D eigenvalue weighted by molar-refractivity contribution is 8.02. The van der Waals surface area contributed by atoms with Crippen LogP contribution in [0.4, 0.5) is 0 Å². The van der Waals surface area contributed by atoms with Gasteiger partial charge in [-0.05, 0) is 13.8 Å². The maximum Gasteiger partial charge on any atom is 0.150 e. The Morgan fingerprint density at radius 1 is 1.83 bits per heavy atom. The van der Waals surface area contributed by atoms with E-state index in [1.54, 1.807) is 6.92 Å². The number of thioether (sulfide) groups is 1. The lowest BCUT2D eigenvalue weighted by Gasteiger charge is -2.08. The Hall–Kier alpha value is -0.550. The molecule has 12 heavy (non-hydrogen) atoms. The number of aliphatic carboxylic acids is 1. The lowest BCUT2D eigenvalue weighted by molar-refractivity contribution is -0.304. The van der Waals surface area contributed by atoms with Gasteiger partial charge in [-0.15, -0.1) is 11.3 Å². The summed E-state index contributed by atoms with van der Waals surface area (Å²) in [6, 6.07) is 0. The average molecular weight is 202 g/mol. The van der Waals surface area contributed by atoms with E-state index in [4.69, 9.17) is 0 Å². The molecule has 0 bridgehead atoms. The number of thiazole rings is 1. The van der Waals surface area contributed by atoms with Crippen LogP contribution in [-0.2, 0) is 4.79 Å². The third-order valence-electron chi connectivity index (χ3n) is 1.21. The number of carboxylic acid groups (broad SMARTS) is 1. The van der Waals surface area contributed by atoms with Crippen molar-refractivity contribution in [3.63, 3.8) is 0 Å². The molecule has 1 heterocycles. The van der Waals surface area contributed by atoms with E-state index in [9.17, 15) is 9.90 Å². The van der Waals surface area contributed by atoms with Crippen LogP contribution in [0.15, 0.2) is 9.72 Å². The van der Waals surface area contributed by atoms with E-state index in [0.29, 0.717) is 0 Å². The predicted molar refractivity (Wildman–Crippen MR) is 47.2 cm³/mol. The third kappa shape index (κ3) is 2.49. The largest absolute Gasteiger partial charge is 0.549 e. The first-order chi connectivity index (χ1) is 5.59. The number of aryl methyl sites for hydroxylation is 1. The highest BCUT2D eigenvalue weighted by Gasteiger charge is 2.07. The zero-order valence-corrected chi connectivity index (χ0v) is 8.37. The van der Waals surface area contributed by atoms with Crippen molar-refractivity contribution in [1.82, 2.24) is 4.98 Å². The summed E-state index contributed by atoms with van der Waals surface area (Å²) in [4.78, 5) is 14.5. The number of carboxylic acids is 1. The minimum Gasteiger partial charge on any atom is -0.549 e. The first-order valence-corrected chi connectivity index (χ1v) is 5.15. The quantitative estimate of drug-likeness (QED) is 0.676. The van der Waals surface area contributed by atoms with Crippen LogP contribution in [0, 0.1) is 6.92 Å². The molecule has 0 saturated heterocycles. The predicted octanol–water partition coefficient (Wildman–Crippen LogP) is 0.682. The van der Waals surface area contributed by atoms with Gasteiger partial charge >= 0.3 is 0 Å². The van der Waals surface area contributed by atoms with E-state index in [-0.39, 0.29) is 0 Å². The number of carbonyl (C=O) groups is 1. The topological polar surface area (TPSA) is 53.0 Å². The zero-order chi connectivity index (χ0) is 9.14. The maximum absolute atomic E-state index is 10.4. The van der Waals surface area contributed by atoms with Crippen molar-refractivity contribution < 1.29 is 9.90 Å². The Labute approximate surface area is 78.8 Å². The average Bonchev–Trinajstić information content (AvgIpc) is 2.35. The molecule has 0 spiro atoms. The van der Waals surface area contributed by atoms with Crippen molar-refractivity contribution in [3.8, 4) is 0 Å². The fourth-order valence-electron chi connectivity index (χ4n) is 0.586. The molecular formula is C7H8NO2S2-. The summed E-state index contributed by atoms with van der Waals surface area (Å²) < 4.78 is 0.782. The summed E-state index contributed by atoms with van der Waals surface area (Å²) in [7, 11) is 0. The highest BCUT2D eigenvalue weighted by Crippen LogP contribution is 2.25. The van der Waals surface area contributed by atoms with Crippen molar-refractivity contribution >= 4 is 29.1 Å². The standard InChI is InChI=1S/C7H9NO2S2/c1-4-3-11-7(8-4)12-5(2)6(9)10/h3,5H,1-2H3,(H,9,10)/p-1/t5-/m0/s1. The van der Waals surface area contributed by atoms with Crippen LogP contribution in [0.25, 0.3) is 0 Å². The summed E-state index contributed by atoms with van der Waals surface area (Å²) in [5.74, 6) is -1.05. The fraction of sp³-hybridized carbons (Fsp3) is 0.429. The minimum absolute atomic E-state index is 0.532. The maximum atomic E-state index is 10.4. The van der Waals surface area contributed by atoms with E-state index in [0.717, 1.165) is 10.0 Å². The third-order valence-corrected chi connectivity index (χ3v) is 3.38. The van der Waals surface area contributed by atoms with Gasteiger partial charge in [0.05, 0.1) is 5.97 Å². The Morgan fingerprint density at radius 3 is 2.92 bits per heavy atom. The molecule has 1 aromatic rings. The molecule has 1 aromatic heterocycles. The van der Waals surface area contributed by atoms with Gasteiger partial charge < -0.3 is 9.90 Å². The minimum atomic E-state index is -1.05. The summed E-state index contributed by atoms with van der Waals surface area (Å²) in [5, 5.41) is 11.7. The van der Waals surface area contributed by atoms with Crippen molar-refractivity contribution in [3.05, 3.63) is 11.1 Å². The normalized spacial score (nSPS) is 12.8. The molecule has 0 aliphatic heterocycles. The van der Waals surface area contributed by atoms with E-state index in [2.05, 4.69) is 4.98 Å². The molecule has 0 unspecified atom stereocenters. The van der Waals surface area contributed by atoms with Gasteiger partial charge in [0.25, 0.3) is 0 Å². The number of hydrogen-bond donors (Lipinski definition) is 0. The molecule has 0 N–H and O–H groups in total. The van der Waals surface area contributed by atoms with Gasteiger partial charge in [0, 0.05) is 16.3 Å². The SMILES string of the molecule is Cc1csc(S[C@@H](C)C(=O)[O-])n1. The van der Waals surface area contributed by atoms with Crippen LogP contribution in [0.5, 0.6) is 0 Å². The fourth-order valence-corrected chi connectivity index (χ4v) is 2.50. The van der Waals surface area contributed by atoms with Gasteiger partial charge in [-0.25, -0.2) is 4.98 Å². The van der Waals surface area contributed by atoms with Crippen molar-refractivity contribution in [2.24, 2.45) is 0 Å². The van der Waals surface area contributed by atoms with Gasteiger partial charge in [0.1, 0.15) is 0 Å². The summed E-state index contributed by atoms with van der Waals surface area (Å²) in [6.45, 7) is 3.47. The van der Waals surface area contributed by atoms with Crippen molar-refractivity contribution in [2.45, 2.75) is 23.4 Å². The second-order valence-corrected chi connectivity index (χ2v) is 4.78. The number of aromatic nitrogens is 1. The second-order valence-electron chi connectivity index (χ2n) is 2.33. The first kappa shape index (κ1) is 9.54. The Kier molecular flexibility index (Phi) is 3.11. The van der Waals surface area contributed by atoms with Crippen molar-refractivity contribution in [2.75, 3.05) is 0 Å². The molecule has 5 heteroatoms. The van der Waals surface area contributed by atoms with Gasteiger partial charge in [0.15, 0.2) is 4.34 Å². The molecule has 0 aliphatic rings. The Morgan fingerprint density at radius 2 is 2.50 bits per heavy atom. The lowest BCUT2D eigenvalue weighted by Crippen LogP contribution is -2.31. The van der Waals surface area contributed by atoms with Crippen LogP contribution in [-0.4, -0.2) is 16.2 Å². The Balaban J connectivity index is 2.58. The molecule has 0 radical (unpaired) electrons. The molecule has 1 atom stereocenters. The smallest absolute Gasteiger partial charge is 0.150 e. The summed E-state index contributed by atoms with van der Waals surface area (Å²) in [5.41, 5.74) is 0.924. The molecule has 1 rings (SSSR count). The first-order valence-electron chi connectivity index (χ1n) is 3.39. The van der Waals surface area contributed by atoms with Gasteiger partial charge in [-0.3, -0.25) is 0 Å². The molecule has 3 nitrogen and oxygen atoms in total. The monoisotopic (exact) mass is 202 g/mol. The molecule has 66 valence electrons. The summed E-state index contributed by atoms with van der Waals surface area (Å²) in [6.07, 6.45) is 0. The molecular weight excluding hydrogens is 194 g/mol. The number of carbonyl (C=O) groups excluding carboxylic acids is 1. The molecule has 0 amide bonds. The number of hydrogen-bond acceptors (Lipinski definition) is 5. The number of rotatable bonds is 3. The van der Waals surface area contributed by atoms with E-state index >= 15 is 0 Å². The molecule has 0 aliphatic carbocycles. The Bertz CT molecular complexity index is 285. The van der Waals surface area contributed by atoms with Crippen LogP contribution in [0.2, 0.25) is 0 Å². The van der Waals surface area contributed by atoms with E-state index in [1.165, 1.54) is 23.1 Å². The van der Waals surface area contributed by atoms with Crippen LogP contribution < -0.4 is 5.11 Å². The molecule has 0 saturated carbocycles. The second kappa shape index (κ2) is 3.91. The molecule has 0 aromatic carbocycles. The number of nitrogens with zero attached hydrogens (tertiary/aromatic N) is 1. The van der Waals surface area contributed by atoms with E-state index in [1.807, 2.05) is 12.3 Å². The van der Waals surface area contributed by atoms with E-state index < -0.39 is 11.2 Å². The van der Waals surface area contributed by atoms with Crippen LogP contribution in [0.3, 0.4) is 0 Å². The van der Waals surface area contributed by atoms with Crippen LogP contribution >= 0.6 is 23.1 Å². The molecule has 0 fully saturated rings. The van der Waals surface area contributed by atoms with Gasteiger partial charge in [-0.1, -0.05) is 11.8 Å². The van der Waals surface area contributed by atoms with Crippen molar-refractivity contribution in [1.29, 1.82) is 0 Å².